The molecular weight excluding hydrogens is 276 g/mol. The Morgan fingerprint density at radius 2 is 2.14 bits per heavy atom. The van der Waals surface area contributed by atoms with E-state index in [2.05, 4.69) is 10.3 Å². The van der Waals surface area contributed by atoms with Gasteiger partial charge in [0.05, 0.1) is 17.2 Å². The summed E-state index contributed by atoms with van der Waals surface area (Å²) in [5.41, 5.74) is 5.68. The first-order valence-electron chi connectivity index (χ1n) is 6.79. The number of ether oxygens (including phenoxy) is 1. The first-order chi connectivity index (χ1) is 9.93. The monoisotopic (exact) mass is 296 g/mol. The number of unbranched alkanes of at least 4 members (excludes halogenated alkanes) is 1. The highest BCUT2D eigenvalue weighted by Crippen LogP contribution is 2.35. The Hall–Kier alpha value is -2.38. The molecule has 0 amide bonds. The molecule has 21 heavy (non-hydrogen) atoms. The van der Waals surface area contributed by atoms with Crippen molar-refractivity contribution in [3.63, 3.8) is 0 Å². The maximum Gasteiger partial charge on any atom is 0.342 e. The second-order valence-corrected chi connectivity index (χ2v) is 4.44. The van der Waals surface area contributed by atoms with Crippen LogP contribution in [0.4, 0.5) is 17.2 Å². The Kier molecular flexibility index (Phi) is 5.89. The fraction of sp³-hybridized carbons (Fsp3) is 0.538. The number of nitrogens with zero attached hydrogens (tertiary/aromatic N) is 2. The lowest BCUT2D eigenvalue weighted by atomic mass is 10.1. The van der Waals surface area contributed by atoms with Gasteiger partial charge in [-0.15, -0.1) is 0 Å². The third-order valence-electron chi connectivity index (χ3n) is 2.87. The van der Waals surface area contributed by atoms with Gasteiger partial charge in [0.2, 0.25) is 5.82 Å². The van der Waals surface area contributed by atoms with Crippen molar-refractivity contribution in [3.05, 3.63) is 21.4 Å². The minimum atomic E-state index is -0.649. The van der Waals surface area contributed by atoms with Crippen molar-refractivity contribution in [1.82, 2.24) is 4.98 Å². The molecule has 0 aliphatic rings. The molecule has 0 atom stereocenters. The molecule has 3 N–H and O–H groups in total. The van der Waals surface area contributed by atoms with Gasteiger partial charge in [-0.25, -0.2) is 9.78 Å². The molecule has 116 valence electrons. The first kappa shape index (κ1) is 16.7. The van der Waals surface area contributed by atoms with E-state index in [1.807, 2.05) is 6.92 Å². The molecule has 0 bridgehead atoms. The molecule has 1 aromatic heterocycles. The molecule has 0 spiro atoms. The molecule has 0 saturated heterocycles. The summed E-state index contributed by atoms with van der Waals surface area (Å²) in [6, 6.07) is 0. The predicted octanol–water partition coefficient (Wildman–Crippen LogP) is 2.27. The van der Waals surface area contributed by atoms with Crippen molar-refractivity contribution in [2.45, 2.75) is 33.6 Å². The van der Waals surface area contributed by atoms with Crippen molar-refractivity contribution < 1.29 is 14.5 Å². The van der Waals surface area contributed by atoms with Crippen LogP contribution < -0.4 is 11.1 Å². The van der Waals surface area contributed by atoms with Gasteiger partial charge in [0.1, 0.15) is 11.3 Å². The van der Waals surface area contributed by atoms with Crippen molar-refractivity contribution in [2.75, 3.05) is 24.2 Å². The lowest BCUT2D eigenvalue weighted by Gasteiger charge is -2.14. The molecule has 0 unspecified atom stereocenters. The zero-order valence-corrected chi connectivity index (χ0v) is 12.4. The number of anilines is 2. The fourth-order valence-corrected chi connectivity index (χ4v) is 1.92. The largest absolute Gasteiger partial charge is 0.462 e. The topological polar surface area (TPSA) is 120 Å². The second-order valence-electron chi connectivity index (χ2n) is 4.44. The Morgan fingerprint density at radius 3 is 2.67 bits per heavy atom. The number of carbonyl (C=O) groups excluding carboxylic acids is 1. The summed E-state index contributed by atoms with van der Waals surface area (Å²) in [6.45, 7) is 5.89. The number of aryl methyl sites for hydroxylation is 1. The minimum absolute atomic E-state index is 0.0638. The van der Waals surface area contributed by atoms with Gasteiger partial charge in [-0.05, 0) is 20.3 Å². The number of nitrogens with two attached hydrogens (primary N) is 1. The van der Waals surface area contributed by atoms with Crippen molar-refractivity contribution >= 4 is 23.2 Å². The average Bonchev–Trinajstić information content (AvgIpc) is 2.38. The van der Waals surface area contributed by atoms with E-state index in [0.717, 1.165) is 12.8 Å². The number of aromatic nitrogens is 1. The Balaban J connectivity index is 3.40. The molecule has 8 nitrogen and oxygen atoms in total. The summed E-state index contributed by atoms with van der Waals surface area (Å²) in [4.78, 5) is 26.5. The highest BCUT2D eigenvalue weighted by molar-refractivity contribution is 6.00. The molecule has 1 heterocycles. The van der Waals surface area contributed by atoms with Crippen LogP contribution in [0.1, 0.15) is 42.7 Å². The molecule has 0 saturated carbocycles. The van der Waals surface area contributed by atoms with Crippen molar-refractivity contribution in [1.29, 1.82) is 0 Å². The molecule has 0 fully saturated rings. The number of rotatable bonds is 7. The van der Waals surface area contributed by atoms with Crippen LogP contribution in [0.2, 0.25) is 0 Å². The number of hydrogen-bond donors (Lipinski definition) is 2. The van der Waals surface area contributed by atoms with Crippen molar-refractivity contribution in [2.24, 2.45) is 0 Å². The van der Waals surface area contributed by atoms with E-state index in [-0.39, 0.29) is 29.4 Å². The first-order valence-corrected chi connectivity index (χ1v) is 6.79. The predicted molar refractivity (Wildman–Crippen MR) is 79.4 cm³/mol. The maximum atomic E-state index is 12.0. The van der Waals surface area contributed by atoms with Crippen LogP contribution in [0.15, 0.2) is 0 Å². The molecule has 0 aliphatic carbocycles. The van der Waals surface area contributed by atoms with E-state index < -0.39 is 10.9 Å². The van der Waals surface area contributed by atoms with Crippen molar-refractivity contribution in [3.8, 4) is 0 Å². The van der Waals surface area contributed by atoms with Gasteiger partial charge in [-0.3, -0.25) is 10.1 Å². The number of nitrogens with one attached hydrogen (secondary N) is 1. The van der Waals surface area contributed by atoms with E-state index in [0.29, 0.717) is 12.2 Å². The van der Waals surface area contributed by atoms with E-state index >= 15 is 0 Å². The SMILES string of the molecule is CCCCNc1c(C(=O)OCC)c(C)nc(N)c1[N+](=O)[O-]. The minimum Gasteiger partial charge on any atom is -0.462 e. The number of nitrogen functional groups attached to an aromatic ring is 1. The van der Waals surface area contributed by atoms with E-state index in [9.17, 15) is 14.9 Å². The molecule has 1 rings (SSSR count). The Morgan fingerprint density at radius 1 is 1.48 bits per heavy atom. The van der Waals surface area contributed by atoms with E-state index in [1.165, 1.54) is 0 Å². The summed E-state index contributed by atoms with van der Waals surface area (Å²) in [6.07, 6.45) is 1.72. The fourth-order valence-electron chi connectivity index (χ4n) is 1.92. The standard InChI is InChI=1S/C13H20N4O4/c1-4-6-7-15-10-9(13(18)21-5-2)8(3)16-12(14)11(10)17(19)20/h4-7H2,1-3H3,(H3,14,15,16). The third-order valence-corrected chi connectivity index (χ3v) is 2.87. The number of pyridine rings is 1. The molecule has 0 radical (unpaired) electrons. The smallest absolute Gasteiger partial charge is 0.342 e. The highest BCUT2D eigenvalue weighted by Gasteiger charge is 2.29. The van der Waals surface area contributed by atoms with Gasteiger partial charge in [0.15, 0.2) is 0 Å². The molecule has 8 heteroatoms. The summed E-state index contributed by atoms with van der Waals surface area (Å²) in [5.74, 6) is -0.867. The zero-order chi connectivity index (χ0) is 16.0. The molecule has 0 aromatic carbocycles. The van der Waals surface area contributed by atoms with Gasteiger partial charge in [-0.2, -0.15) is 0 Å². The van der Waals surface area contributed by atoms with Crippen LogP contribution in [-0.4, -0.2) is 29.0 Å². The number of carbonyl (C=O) groups is 1. The molecular formula is C13H20N4O4. The van der Waals surface area contributed by atoms with Gasteiger partial charge in [-0.1, -0.05) is 13.3 Å². The lowest BCUT2D eigenvalue weighted by Crippen LogP contribution is -2.16. The van der Waals surface area contributed by atoms with Crippen LogP contribution in [0.3, 0.4) is 0 Å². The Bertz CT molecular complexity index is 545. The van der Waals surface area contributed by atoms with Gasteiger partial charge >= 0.3 is 11.7 Å². The summed E-state index contributed by atoms with van der Waals surface area (Å²) in [7, 11) is 0. The van der Waals surface area contributed by atoms with Crippen LogP contribution >= 0.6 is 0 Å². The quantitative estimate of drug-likeness (QED) is 0.342. The van der Waals surface area contributed by atoms with Crippen LogP contribution in [0.5, 0.6) is 0 Å². The average molecular weight is 296 g/mol. The van der Waals surface area contributed by atoms with Gasteiger partial charge in [0, 0.05) is 6.54 Å². The van der Waals surface area contributed by atoms with Crippen LogP contribution in [0, 0.1) is 17.0 Å². The Labute approximate surface area is 122 Å². The third kappa shape index (κ3) is 3.80. The second kappa shape index (κ2) is 7.41. The highest BCUT2D eigenvalue weighted by atomic mass is 16.6. The van der Waals surface area contributed by atoms with Gasteiger partial charge < -0.3 is 15.8 Å². The normalized spacial score (nSPS) is 10.2. The number of hydrogen-bond acceptors (Lipinski definition) is 7. The molecule has 1 aromatic rings. The molecule has 0 aliphatic heterocycles. The maximum absolute atomic E-state index is 12.0. The van der Waals surface area contributed by atoms with Gasteiger partial charge in [0.25, 0.3) is 0 Å². The summed E-state index contributed by atoms with van der Waals surface area (Å²) >= 11 is 0. The number of nitro groups is 1. The number of esters is 1. The lowest BCUT2D eigenvalue weighted by molar-refractivity contribution is -0.383. The summed E-state index contributed by atoms with van der Waals surface area (Å²) in [5, 5.41) is 14.1. The van der Waals surface area contributed by atoms with Crippen LogP contribution in [0.25, 0.3) is 0 Å². The zero-order valence-electron chi connectivity index (χ0n) is 12.4. The van der Waals surface area contributed by atoms with E-state index in [4.69, 9.17) is 10.5 Å². The summed E-state index contributed by atoms with van der Waals surface area (Å²) < 4.78 is 4.95. The van der Waals surface area contributed by atoms with E-state index in [1.54, 1.807) is 13.8 Å². The van der Waals surface area contributed by atoms with Crippen LogP contribution in [-0.2, 0) is 4.74 Å².